The minimum Gasteiger partial charge on any atom is -0.365 e. The van der Waals surface area contributed by atoms with E-state index in [4.69, 9.17) is 0 Å². The first kappa shape index (κ1) is 15.5. The Labute approximate surface area is 127 Å². The monoisotopic (exact) mass is 330 g/mol. The van der Waals surface area contributed by atoms with Crippen LogP contribution < -0.4 is 5.56 Å². The standard InChI is InChI=1S/C13H13F3N4O3/c1-7-8(5-17-10-4-11(21)18-20(7)10)12(22)19-2-3-23-9(6-19)13(14,15)16/h4-5,9H,2-3,6H2,1H3,(H,18,21)/t9-/m1/s1. The molecule has 3 rings (SSSR count). The number of alkyl halides is 3. The molecule has 2 aromatic rings. The molecule has 0 unspecified atom stereocenters. The number of morpholine rings is 1. The van der Waals surface area contributed by atoms with E-state index in [2.05, 4.69) is 14.8 Å². The maximum Gasteiger partial charge on any atom is 0.416 e. The number of fused-ring (bicyclic) bond motifs is 1. The molecule has 23 heavy (non-hydrogen) atoms. The second-order valence-corrected chi connectivity index (χ2v) is 5.22. The van der Waals surface area contributed by atoms with E-state index in [0.29, 0.717) is 11.3 Å². The van der Waals surface area contributed by atoms with Gasteiger partial charge in [0.1, 0.15) is 0 Å². The third kappa shape index (κ3) is 2.81. The zero-order chi connectivity index (χ0) is 16.8. The Morgan fingerprint density at radius 2 is 2.22 bits per heavy atom. The number of nitrogens with zero attached hydrogens (tertiary/aromatic N) is 3. The van der Waals surface area contributed by atoms with Crippen molar-refractivity contribution in [2.75, 3.05) is 19.7 Å². The lowest BCUT2D eigenvalue weighted by Gasteiger charge is -2.34. The maximum atomic E-state index is 12.8. The van der Waals surface area contributed by atoms with Gasteiger partial charge in [0.2, 0.25) is 0 Å². The van der Waals surface area contributed by atoms with Gasteiger partial charge in [-0.15, -0.1) is 0 Å². The number of rotatable bonds is 1. The van der Waals surface area contributed by atoms with E-state index >= 15 is 0 Å². The molecule has 1 aliphatic heterocycles. The lowest BCUT2D eigenvalue weighted by Crippen LogP contribution is -2.51. The summed E-state index contributed by atoms with van der Waals surface area (Å²) in [6.45, 7) is 0.887. The molecule has 1 N–H and O–H groups in total. The number of H-pyrrole nitrogens is 1. The molecule has 7 nitrogen and oxygen atoms in total. The second kappa shape index (κ2) is 5.37. The molecule has 3 heterocycles. The summed E-state index contributed by atoms with van der Waals surface area (Å²) in [5.74, 6) is -0.580. The average Bonchev–Trinajstić information content (AvgIpc) is 2.88. The highest BCUT2D eigenvalue weighted by molar-refractivity contribution is 5.95. The summed E-state index contributed by atoms with van der Waals surface area (Å²) in [7, 11) is 0. The molecule has 0 bridgehead atoms. The van der Waals surface area contributed by atoms with Gasteiger partial charge in [-0.3, -0.25) is 14.7 Å². The first-order valence-corrected chi connectivity index (χ1v) is 6.82. The molecule has 1 atom stereocenters. The van der Waals surface area contributed by atoms with Crippen molar-refractivity contribution in [1.82, 2.24) is 19.5 Å². The summed E-state index contributed by atoms with van der Waals surface area (Å²) in [5.41, 5.74) is 0.484. The van der Waals surface area contributed by atoms with Crippen LogP contribution in [0, 0.1) is 6.92 Å². The van der Waals surface area contributed by atoms with Gasteiger partial charge >= 0.3 is 6.18 Å². The van der Waals surface area contributed by atoms with Gasteiger partial charge < -0.3 is 9.64 Å². The van der Waals surface area contributed by atoms with Crippen LogP contribution in [-0.4, -0.2) is 57.4 Å². The molecule has 0 radical (unpaired) electrons. The van der Waals surface area contributed by atoms with Crippen LogP contribution in [0.3, 0.4) is 0 Å². The highest BCUT2D eigenvalue weighted by atomic mass is 19.4. The van der Waals surface area contributed by atoms with E-state index in [1.807, 2.05) is 0 Å². The van der Waals surface area contributed by atoms with Crippen molar-refractivity contribution in [3.05, 3.63) is 33.9 Å². The Morgan fingerprint density at radius 1 is 1.48 bits per heavy atom. The molecule has 0 spiro atoms. The largest absolute Gasteiger partial charge is 0.416 e. The minimum absolute atomic E-state index is 0.0606. The number of aromatic nitrogens is 3. The van der Waals surface area contributed by atoms with Crippen molar-refractivity contribution in [1.29, 1.82) is 0 Å². The number of aryl methyl sites for hydroxylation is 1. The number of nitrogens with one attached hydrogen (secondary N) is 1. The van der Waals surface area contributed by atoms with Crippen molar-refractivity contribution in [2.45, 2.75) is 19.2 Å². The highest BCUT2D eigenvalue weighted by Crippen LogP contribution is 2.26. The quantitative estimate of drug-likeness (QED) is 0.836. The molecule has 2 aromatic heterocycles. The third-order valence-electron chi connectivity index (χ3n) is 3.71. The van der Waals surface area contributed by atoms with Crippen molar-refractivity contribution >= 4 is 11.6 Å². The number of hydrogen-bond donors (Lipinski definition) is 1. The summed E-state index contributed by atoms with van der Waals surface area (Å²) in [6.07, 6.45) is -5.26. The zero-order valence-electron chi connectivity index (χ0n) is 12.1. The van der Waals surface area contributed by atoms with Crippen molar-refractivity contribution in [2.24, 2.45) is 0 Å². The highest BCUT2D eigenvalue weighted by Gasteiger charge is 2.44. The van der Waals surface area contributed by atoms with Gasteiger partial charge in [0.05, 0.1) is 24.4 Å². The predicted molar refractivity (Wildman–Crippen MR) is 72.2 cm³/mol. The van der Waals surface area contributed by atoms with Gasteiger partial charge in [-0.1, -0.05) is 0 Å². The van der Waals surface area contributed by atoms with Crippen LogP contribution in [0.1, 0.15) is 16.1 Å². The zero-order valence-corrected chi connectivity index (χ0v) is 12.1. The molecule has 0 aromatic carbocycles. The molecule has 124 valence electrons. The first-order valence-electron chi connectivity index (χ1n) is 6.82. The molecule has 1 saturated heterocycles. The number of carbonyl (C=O) groups is 1. The van der Waals surface area contributed by atoms with E-state index in [-0.39, 0.29) is 24.3 Å². The van der Waals surface area contributed by atoms with E-state index in [1.54, 1.807) is 6.92 Å². The van der Waals surface area contributed by atoms with Gasteiger partial charge in [-0.25, -0.2) is 9.50 Å². The van der Waals surface area contributed by atoms with Crippen LogP contribution in [0.15, 0.2) is 17.1 Å². The number of ether oxygens (including phenoxy) is 1. The Bertz CT molecular complexity index is 811. The van der Waals surface area contributed by atoms with Gasteiger partial charge in [0.15, 0.2) is 11.8 Å². The number of amides is 1. The van der Waals surface area contributed by atoms with Gasteiger partial charge in [-0.05, 0) is 6.92 Å². The van der Waals surface area contributed by atoms with Gasteiger partial charge in [0.25, 0.3) is 11.5 Å². The van der Waals surface area contributed by atoms with Crippen molar-refractivity contribution < 1.29 is 22.7 Å². The topological polar surface area (TPSA) is 79.7 Å². The number of hydrogen-bond acceptors (Lipinski definition) is 4. The second-order valence-electron chi connectivity index (χ2n) is 5.22. The molecular weight excluding hydrogens is 317 g/mol. The normalized spacial score (nSPS) is 19.3. The predicted octanol–water partition coefficient (Wildman–Crippen LogP) is 0.734. The van der Waals surface area contributed by atoms with Crippen LogP contribution in [0.4, 0.5) is 13.2 Å². The molecule has 0 aliphatic carbocycles. The smallest absolute Gasteiger partial charge is 0.365 e. The Balaban J connectivity index is 1.91. The van der Waals surface area contributed by atoms with Crippen molar-refractivity contribution in [3.8, 4) is 0 Å². The lowest BCUT2D eigenvalue weighted by molar-refractivity contribution is -0.233. The minimum atomic E-state index is -4.53. The number of carbonyl (C=O) groups excluding carboxylic acids is 1. The molecular formula is C13H13F3N4O3. The van der Waals surface area contributed by atoms with Gasteiger partial charge in [0, 0.05) is 18.8 Å². The fraction of sp³-hybridized carbons (Fsp3) is 0.462. The van der Waals surface area contributed by atoms with E-state index in [0.717, 1.165) is 4.90 Å². The molecule has 1 fully saturated rings. The van der Waals surface area contributed by atoms with E-state index in [1.165, 1.54) is 16.8 Å². The fourth-order valence-corrected chi connectivity index (χ4v) is 2.49. The van der Waals surface area contributed by atoms with Crippen LogP contribution in [0.25, 0.3) is 5.65 Å². The van der Waals surface area contributed by atoms with Gasteiger partial charge in [-0.2, -0.15) is 13.2 Å². The fourth-order valence-electron chi connectivity index (χ4n) is 2.49. The van der Waals surface area contributed by atoms with Crippen LogP contribution in [-0.2, 0) is 4.74 Å². The Kier molecular flexibility index (Phi) is 3.63. The third-order valence-corrected chi connectivity index (χ3v) is 3.71. The van der Waals surface area contributed by atoms with E-state index in [9.17, 15) is 22.8 Å². The summed E-state index contributed by atoms with van der Waals surface area (Å²) in [4.78, 5) is 28.9. The lowest BCUT2D eigenvalue weighted by atomic mass is 10.2. The SMILES string of the molecule is Cc1c(C(=O)N2CCO[C@@H](C(F)(F)F)C2)cnc2cc(=O)[nH]n12. The maximum absolute atomic E-state index is 12.8. The van der Waals surface area contributed by atoms with E-state index < -0.39 is 24.7 Å². The summed E-state index contributed by atoms with van der Waals surface area (Å²) < 4.78 is 44.3. The Hall–Kier alpha value is -2.36. The average molecular weight is 330 g/mol. The van der Waals surface area contributed by atoms with Crippen LogP contribution >= 0.6 is 0 Å². The molecule has 10 heteroatoms. The number of halogens is 3. The van der Waals surface area contributed by atoms with Crippen LogP contribution in [0.2, 0.25) is 0 Å². The molecule has 1 aliphatic rings. The summed E-state index contributed by atoms with van der Waals surface area (Å²) >= 11 is 0. The first-order chi connectivity index (χ1) is 10.8. The molecule has 1 amide bonds. The Morgan fingerprint density at radius 3 is 2.91 bits per heavy atom. The van der Waals surface area contributed by atoms with Crippen LogP contribution in [0.5, 0.6) is 0 Å². The summed E-state index contributed by atoms with van der Waals surface area (Å²) in [5, 5.41) is 2.48. The summed E-state index contributed by atoms with van der Waals surface area (Å²) in [6, 6.07) is 1.26. The molecule has 0 saturated carbocycles. The number of aromatic amines is 1. The van der Waals surface area contributed by atoms with Crippen molar-refractivity contribution in [3.63, 3.8) is 0 Å².